The molecular weight excluding hydrogens is 560 g/mol. The Balaban J connectivity index is 1.36. The molecule has 0 radical (unpaired) electrons. The van der Waals surface area contributed by atoms with E-state index in [0.717, 1.165) is 25.9 Å². The molecule has 2 atom stereocenters. The molecule has 4 heterocycles. The number of barbiturate groups is 1. The number of imide groups is 2. The molecule has 42 heavy (non-hydrogen) atoms. The Hall–Kier alpha value is -5.04. The molecule has 3 aliphatic rings. The predicted molar refractivity (Wildman–Crippen MR) is 156 cm³/mol. The van der Waals surface area contributed by atoms with Gasteiger partial charge < -0.3 is 14.5 Å². The van der Waals surface area contributed by atoms with Gasteiger partial charge in [0.15, 0.2) is 10.5 Å². The van der Waals surface area contributed by atoms with E-state index in [-0.39, 0.29) is 24.3 Å². The molecule has 1 aromatic heterocycles. The number of rotatable bonds is 4. The summed E-state index contributed by atoms with van der Waals surface area (Å²) in [5.74, 6) is -0.862. The van der Waals surface area contributed by atoms with Gasteiger partial charge in [-0.05, 0) is 48.0 Å². The summed E-state index contributed by atoms with van der Waals surface area (Å²) in [6, 6.07) is 17.2. The number of anilines is 3. The molecule has 4 amide bonds. The third-order valence-corrected chi connectivity index (χ3v) is 9.40. The van der Waals surface area contributed by atoms with Crippen LogP contribution in [0.4, 0.5) is 27.0 Å². The number of hydrogen-bond donors (Lipinski definition) is 1. The number of fused-ring (bicyclic) bond motifs is 5. The highest BCUT2D eigenvalue weighted by molar-refractivity contribution is 7.22. The zero-order valence-electron chi connectivity index (χ0n) is 22.4. The Bertz CT molecular complexity index is 1760. The molecule has 0 aliphatic carbocycles. The number of benzene rings is 3. The number of nitro benzene ring substituents is 1. The van der Waals surface area contributed by atoms with Crippen LogP contribution < -0.4 is 24.8 Å². The highest BCUT2D eigenvalue weighted by atomic mass is 32.1. The summed E-state index contributed by atoms with van der Waals surface area (Å²) in [7, 11) is 1.51. The number of piperazine rings is 1. The van der Waals surface area contributed by atoms with Crippen molar-refractivity contribution in [3.8, 4) is 5.75 Å². The molecule has 3 aliphatic heterocycles. The molecule has 1 spiro atoms. The fourth-order valence-electron chi connectivity index (χ4n) is 6.26. The third kappa shape index (κ3) is 3.80. The van der Waals surface area contributed by atoms with Crippen LogP contribution in [-0.2, 0) is 16.0 Å². The second-order valence-corrected chi connectivity index (χ2v) is 11.4. The lowest BCUT2D eigenvalue weighted by molar-refractivity contribution is -0.384. The van der Waals surface area contributed by atoms with Crippen molar-refractivity contribution < 1.29 is 24.0 Å². The van der Waals surface area contributed by atoms with E-state index in [9.17, 15) is 24.5 Å². The average molecular weight is 585 g/mol. The van der Waals surface area contributed by atoms with Gasteiger partial charge in [-0.3, -0.25) is 25.0 Å². The van der Waals surface area contributed by atoms with Gasteiger partial charge in [0.05, 0.1) is 34.0 Å². The van der Waals surface area contributed by atoms with E-state index in [2.05, 4.69) is 10.2 Å². The van der Waals surface area contributed by atoms with E-state index in [1.807, 2.05) is 29.2 Å². The Morgan fingerprint density at radius 1 is 1.07 bits per heavy atom. The number of thiazole rings is 1. The highest BCUT2D eigenvalue weighted by Crippen LogP contribution is 2.48. The van der Waals surface area contributed by atoms with Gasteiger partial charge in [-0.1, -0.05) is 23.5 Å². The Kier molecular flexibility index (Phi) is 5.87. The Morgan fingerprint density at radius 3 is 2.60 bits per heavy atom. The number of aromatic nitrogens is 1. The number of carbonyl (C=O) groups excluding carboxylic acids is 3. The average Bonchev–Trinajstić information content (AvgIpc) is 3.44. The molecule has 4 aromatic rings. The molecule has 12 nitrogen and oxygen atoms in total. The van der Waals surface area contributed by atoms with Crippen LogP contribution in [0.2, 0.25) is 0 Å². The van der Waals surface area contributed by atoms with Crippen LogP contribution in [0.3, 0.4) is 0 Å². The van der Waals surface area contributed by atoms with Crippen molar-refractivity contribution in [3.63, 3.8) is 0 Å². The molecule has 0 bridgehead atoms. The molecule has 13 heteroatoms. The van der Waals surface area contributed by atoms with Crippen LogP contribution in [0.25, 0.3) is 10.2 Å². The standard InChI is InChI=1S/C29H24N6O6S/c1-41-20-9-6-18(7-10-20)34-26(37)29(25(36)31-27(34)38)15-17-14-19(35(39)40)8-11-22(17)33-13-12-32(16-24(29)33)28-30-21-4-2-3-5-23(21)42-28/h2-11,14,24H,12-13,15-16H2,1H3,(H,31,36,38)/t24-,29-/m0/s1. The van der Waals surface area contributed by atoms with E-state index in [1.54, 1.807) is 30.3 Å². The van der Waals surface area contributed by atoms with Gasteiger partial charge in [-0.25, -0.2) is 14.7 Å². The fraction of sp³-hybridized carbons (Fsp3) is 0.241. The molecule has 212 valence electrons. The van der Waals surface area contributed by atoms with Crippen molar-refractivity contribution in [2.24, 2.45) is 5.41 Å². The molecule has 2 saturated heterocycles. The number of carbonyl (C=O) groups is 3. The maximum atomic E-state index is 14.6. The third-order valence-electron chi connectivity index (χ3n) is 8.30. The lowest BCUT2D eigenvalue weighted by Gasteiger charge is -2.55. The van der Waals surface area contributed by atoms with Gasteiger partial charge in [0.25, 0.3) is 11.6 Å². The minimum Gasteiger partial charge on any atom is -0.497 e. The van der Waals surface area contributed by atoms with E-state index in [4.69, 9.17) is 9.72 Å². The van der Waals surface area contributed by atoms with Crippen molar-refractivity contribution in [2.75, 3.05) is 41.4 Å². The normalized spacial score (nSPS) is 21.8. The molecule has 0 saturated carbocycles. The summed E-state index contributed by atoms with van der Waals surface area (Å²) in [5, 5.41) is 14.8. The second kappa shape index (κ2) is 9.52. The largest absolute Gasteiger partial charge is 0.497 e. The zero-order chi connectivity index (χ0) is 29.2. The number of nitro groups is 1. The Morgan fingerprint density at radius 2 is 1.86 bits per heavy atom. The monoisotopic (exact) mass is 584 g/mol. The van der Waals surface area contributed by atoms with Gasteiger partial charge >= 0.3 is 6.03 Å². The number of nitrogens with zero attached hydrogens (tertiary/aromatic N) is 5. The summed E-state index contributed by atoms with van der Waals surface area (Å²) in [6.07, 6.45) is -0.108. The number of methoxy groups -OCH3 is 1. The van der Waals surface area contributed by atoms with Crippen LogP contribution in [-0.4, -0.2) is 60.5 Å². The molecule has 7 rings (SSSR count). The van der Waals surface area contributed by atoms with Crippen molar-refractivity contribution in [3.05, 3.63) is 82.4 Å². The van der Waals surface area contributed by atoms with Crippen molar-refractivity contribution in [2.45, 2.75) is 12.5 Å². The van der Waals surface area contributed by atoms with Gasteiger partial charge in [-0.15, -0.1) is 0 Å². The number of urea groups is 1. The van der Waals surface area contributed by atoms with Gasteiger partial charge in [-0.2, -0.15) is 0 Å². The number of nitrogens with one attached hydrogen (secondary N) is 1. The SMILES string of the molecule is COc1ccc(N2C(=O)NC(=O)[C@@]3(Cc4cc([N+](=O)[O-])ccc4N4CCN(c5nc6ccccc6s5)C[C@H]43)C2=O)cc1. The zero-order valence-corrected chi connectivity index (χ0v) is 23.2. The summed E-state index contributed by atoms with van der Waals surface area (Å²) in [4.78, 5) is 62.6. The van der Waals surface area contributed by atoms with Crippen LogP contribution in [0.15, 0.2) is 66.7 Å². The molecule has 1 N–H and O–H groups in total. The summed E-state index contributed by atoms with van der Waals surface area (Å²) in [5.41, 5.74) is 0.488. The molecule has 0 unspecified atom stereocenters. The molecular formula is C29H24N6O6S. The first-order chi connectivity index (χ1) is 20.3. The minimum atomic E-state index is -1.74. The number of para-hydroxylation sites is 1. The first kappa shape index (κ1) is 25.9. The smallest absolute Gasteiger partial charge is 0.335 e. The topological polar surface area (TPSA) is 138 Å². The van der Waals surface area contributed by atoms with E-state index >= 15 is 0 Å². The quantitative estimate of drug-likeness (QED) is 0.216. The lowest BCUT2D eigenvalue weighted by atomic mass is 9.67. The predicted octanol–water partition coefficient (Wildman–Crippen LogP) is 3.73. The lowest BCUT2D eigenvalue weighted by Crippen LogP contribution is -2.75. The van der Waals surface area contributed by atoms with E-state index in [1.165, 1.54) is 30.6 Å². The van der Waals surface area contributed by atoms with Crippen LogP contribution in [0, 0.1) is 15.5 Å². The second-order valence-electron chi connectivity index (χ2n) is 10.4. The van der Waals surface area contributed by atoms with Crippen molar-refractivity contribution in [1.29, 1.82) is 0 Å². The van der Waals surface area contributed by atoms with Crippen molar-refractivity contribution in [1.82, 2.24) is 10.3 Å². The maximum absolute atomic E-state index is 14.6. The summed E-state index contributed by atoms with van der Waals surface area (Å²) >= 11 is 1.53. The van der Waals surface area contributed by atoms with Crippen molar-refractivity contribution >= 4 is 61.6 Å². The van der Waals surface area contributed by atoms with Gasteiger partial charge in [0, 0.05) is 43.9 Å². The highest BCUT2D eigenvalue weighted by Gasteiger charge is 2.63. The summed E-state index contributed by atoms with van der Waals surface area (Å²) < 4.78 is 6.24. The van der Waals surface area contributed by atoms with Crippen LogP contribution in [0.5, 0.6) is 5.75 Å². The van der Waals surface area contributed by atoms with Crippen LogP contribution >= 0.6 is 11.3 Å². The first-order valence-corrected chi connectivity index (χ1v) is 14.1. The number of non-ortho nitro benzene ring substituents is 1. The van der Waals surface area contributed by atoms with E-state index in [0.29, 0.717) is 24.4 Å². The summed E-state index contributed by atoms with van der Waals surface area (Å²) in [6.45, 7) is 1.27. The molecule has 3 aromatic carbocycles. The minimum absolute atomic E-state index is 0.108. The molecule has 2 fully saturated rings. The van der Waals surface area contributed by atoms with E-state index < -0.39 is 34.2 Å². The fourth-order valence-corrected chi connectivity index (χ4v) is 7.26. The Labute approximate surface area is 243 Å². The number of ether oxygens (including phenoxy) is 1. The van der Waals surface area contributed by atoms with Crippen LogP contribution in [0.1, 0.15) is 5.56 Å². The first-order valence-electron chi connectivity index (χ1n) is 13.3. The maximum Gasteiger partial charge on any atom is 0.335 e. The number of amides is 4. The van der Waals surface area contributed by atoms with Gasteiger partial charge in [0.2, 0.25) is 5.91 Å². The van der Waals surface area contributed by atoms with Gasteiger partial charge in [0.1, 0.15) is 5.75 Å². The number of hydrogen-bond acceptors (Lipinski definition) is 10.